The van der Waals surface area contributed by atoms with Crippen molar-refractivity contribution in [2.45, 2.75) is 84.0 Å². The molecular weight excluding hydrogens is 508 g/mol. The number of hydrogen-bond acceptors (Lipinski definition) is 8. The molecule has 1 aliphatic carbocycles. The highest BCUT2D eigenvalue weighted by molar-refractivity contribution is 5.89. The van der Waals surface area contributed by atoms with Crippen LogP contribution in [0, 0.1) is 0 Å². The third kappa shape index (κ3) is 11.8. The van der Waals surface area contributed by atoms with Gasteiger partial charge in [-0.2, -0.15) is 0 Å². The van der Waals surface area contributed by atoms with Gasteiger partial charge in [-0.25, -0.2) is 19.7 Å². The van der Waals surface area contributed by atoms with Gasteiger partial charge in [0.1, 0.15) is 11.8 Å². The lowest BCUT2D eigenvalue weighted by Gasteiger charge is -2.19. The van der Waals surface area contributed by atoms with Crippen LogP contribution in [0.1, 0.15) is 78.3 Å². The fourth-order valence-electron chi connectivity index (χ4n) is 4.15. The number of imidazole rings is 1. The molecule has 3 aromatic rings. The molecule has 0 spiro atoms. The maximum absolute atomic E-state index is 11.7. The van der Waals surface area contributed by atoms with Gasteiger partial charge in [0.25, 0.3) is 0 Å². The van der Waals surface area contributed by atoms with E-state index in [0.717, 1.165) is 29.8 Å². The second-order valence-electron chi connectivity index (χ2n) is 11.9. The average molecular weight is 557 g/mol. The molecule has 4 rings (SSSR count). The molecule has 1 aliphatic rings. The first-order valence-corrected chi connectivity index (χ1v) is 13.8. The number of anilines is 2. The molecular formula is C29H48N8O3. The maximum Gasteiger partial charge on any atom is 0.319 e. The van der Waals surface area contributed by atoms with E-state index in [0.29, 0.717) is 18.4 Å². The first kappa shape index (κ1) is 32.9. The quantitative estimate of drug-likeness (QED) is 0.223. The van der Waals surface area contributed by atoms with Gasteiger partial charge in [-0.1, -0.05) is 45.7 Å². The summed E-state index contributed by atoms with van der Waals surface area (Å²) in [5.74, 6) is -1.03. The normalized spacial score (nSPS) is 13.8. The number of hydrogen-bond donors (Lipinski definition) is 5. The Balaban J connectivity index is 0.000000245. The number of carbonyl (C=O) groups excluding carboxylic acids is 1. The van der Waals surface area contributed by atoms with Gasteiger partial charge in [-0.15, -0.1) is 0 Å². The SMILES string of the molecule is CC(C)(O)O.CN(C)CCCNC(=O)Nc1ccc(C(C)(C)C)cc1.Nc1ncnc2c1ncn2C1CCCC1. The summed E-state index contributed by atoms with van der Waals surface area (Å²) in [6.45, 7) is 10.8. The van der Waals surface area contributed by atoms with Crippen molar-refractivity contribution in [1.29, 1.82) is 0 Å². The standard InChI is InChI=1S/C16H27N3O.C10H13N5.C3H8O2/c1-16(2,3)13-7-9-14(10-8-13)18-15(20)17-11-6-12-19(4)5;11-9-8-10(13-5-12-9)15(6-14-8)7-3-1-2-4-7;1-3(2,4)5/h7-10H,6,11-12H2,1-5H3,(H2,17,18,20);5-7H,1-4H2,(H2,11,12,13);4-5H,1-2H3. The summed E-state index contributed by atoms with van der Waals surface area (Å²) >= 11 is 0. The Kier molecular flexibility index (Phi) is 12.3. The number of carbonyl (C=O) groups is 1. The molecule has 0 atom stereocenters. The number of nitrogen functional groups attached to an aromatic ring is 1. The van der Waals surface area contributed by atoms with Gasteiger partial charge in [0.05, 0.1) is 6.33 Å². The van der Waals surface area contributed by atoms with Gasteiger partial charge in [0.15, 0.2) is 17.3 Å². The van der Waals surface area contributed by atoms with E-state index in [1.165, 1.54) is 51.4 Å². The second-order valence-corrected chi connectivity index (χ2v) is 11.9. The van der Waals surface area contributed by atoms with Crippen LogP contribution in [0.15, 0.2) is 36.9 Å². The smallest absolute Gasteiger partial charge is 0.319 e. The number of fused-ring (bicyclic) bond motifs is 1. The van der Waals surface area contributed by atoms with E-state index in [2.05, 4.69) is 68.0 Å². The van der Waals surface area contributed by atoms with E-state index in [1.54, 1.807) is 0 Å². The number of benzene rings is 1. The van der Waals surface area contributed by atoms with Crippen molar-refractivity contribution >= 4 is 28.7 Å². The van der Waals surface area contributed by atoms with Crippen LogP contribution >= 0.6 is 0 Å². The molecule has 0 saturated heterocycles. The van der Waals surface area contributed by atoms with Gasteiger partial charge in [-0.3, -0.25) is 0 Å². The maximum atomic E-state index is 11.7. The van der Waals surface area contributed by atoms with Crippen molar-refractivity contribution in [2.75, 3.05) is 38.2 Å². The molecule has 11 nitrogen and oxygen atoms in total. The lowest BCUT2D eigenvalue weighted by molar-refractivity contribution is -0.127. The van der Waals surface area contributed by atoms with Gasteiger partial charge in [0, 0.05) is 18.3 Å². The van der Waals surface area contributed by atoms with Crippen LogP contribution in [0.2, 0.25) is 0 Å². The van der Waals surface area contributed by atoms with Gasteiger partial charge >= 0.3 is 6.03 Å². The summed E-state index contributed by atoms with van der Waals surface area (Å²) in [5.41, 5.74) is 9.55. The topological polar surface area (TPSA) is 154 Å². The number of aliphatic hydroxyl groups is 2. The summed E-state index contributed by atoms with van der Waals surface area (Å²) < 4.78 is 2.14. The molecule has 2 amide bonds. The van der Waals surface area contributed by atoms with Crippen LogP contribution in [-0.4, -0.2) is 73.6 Å². The zero-order valence-electron chi connectivity index (χ0n) is 25.1. The molecule has 1 aromatic carbocycles. The summed E-state index contributed by atoms with van der Waals surface area (Å²) in [4.78, 5) is 26.3. The zero-order chi connectivity index (χ0) is 29.9. The molecule has 2 aromatic heterocycles. The molecule has 1 saturated carbocycles. The Morgan fingerprint density at radius 2 is 1.65 bits per heavy atom. The first-order chi connectivity index (χ1) is 18.6. The Labute approximate surface area is 238 Å². The van der Waals surface area contributed by atoms with Crippen molar-refractivity contribution in [3.05, 3.63) is 42.5 Å². The Morgan fingerprint density at radius 3 is 2.20 bits per heavy atom. The number of rotatable bonds is 6. The molecule has 2 heterocycles. The summed E-state index contributed by atoms with van der Waals surface area (Å²) in [7, 11) is 4.05. The van der Waals surface area contributed by atoms with E-state index in [4.69, 9.17) is 15.9 Å². The third-order valence-corrected chi connectivity index (χ3v) is 6.18. The second kappa shape index (κ2) is 14.9. The predicted octanol–water partition coefficient (Wildman–Crippen LogP) is 4.29. The highest BCUT2D eigenvalue weighted by Gasteiger charge is 2.20. The molecule has 0 radical (unpaired) electrons. The van der Waals surface area contributed by atoms with Crippen molar-refractivity contribution in [3.63, 3.8) is 0 Å². The van der Waals surface area contributed by atoms with E-state index in [9.17, 15) is 4.79 Å². The zero-order valence-corrected chi connectivity index (χ0v) is 25.1. The van der Waals surface area contributed by atoms with Crippen LogP contribution in [0.5, 0.6) is 0 Å². The van der Waals surface area contributed by atoms with Crippen LogP contribution in [0.3, 0.4) is 0 Å². The minimum atomic E-state index is -1.50. The number of nitrogens with two attached hydrogens (primary N) is 1. The van der Waals surface area contributed by atoms with Crippen LogP contribution in [0.4, 0.5) is 16.3 Å². The van der Waals surface area contributed by atoms with E-state index in [1.807, 2.05) is 32.6 Å². The number of nitrogens with zero attached hydrogens (tertiary/aromatic N) is 5. The predicted molar refractivity (Wildman–Crippen MR) is 161 cm³/mol. The molecule has 1 fully saturated rings. The molecule has 0 unspecified atom stereocenters. The summed E-state index contributed by atoms with van der Waals surface area (Å²) in [5, 5.41) is 21.9. The molecule has 0 aliphatic heterocycles. The largest absolute Gasteiger partial charge is 0.382 e. The fourth-order valence-corrected chi connectivity index (χ4v) is 4.15. The average Bonchev–Trinajstić information content (AvgIpc) is 3.51. The number of amides is 2. The molecule has 6 N–H and O–H groups in total. The first-order valence-electron chi connectivity index (χ1n) is 13.8. The lowest BCUT2D eigenvalue weighted by Crippen LogP contribution is -2.31. The van der Waals surface area contributed by atoms with Crippen molar-refractivity contribution in [1.82, 2.24) is 29.7 Å². The van der Waals surface area contributed by atoms with E-state index in [-0.39, 0.29) is 11.4 Å². The highest BCUT2D eigenvalue weighted by Crippen LogP contribution is 2.31. The van der Waals surface area contributed by atoms with Crippen molar-refractivity contribution in [2.24, 2.45) is 0 Å². The van der Waals surface area contributed by atoms with Gasteiger partial charge < -0.3 is 36.0 Å². The number of nitrogens with one attached hydrogen (secondary N) is 2. The number of urea groups is 1. The van der Waals surface area contributed by atoms with Crippen molar-refractivity contribution in [3.8, 4) is 0 Å². The van der Waals surface area contributed by atoms with Gasteiger partial charge in [-0.05, 0) is 76.9 Å². The Morgan fingerprint density at radius 1 is 1.05 bits per heavy atom. The molecule has 40 heavy (non-hydrogen) atoms. The molecule has 0 bridgehead atoms. The monoisotopic (exact) mass is 556 g/mol. The van der Waals surface area contributed by atoms with Gasteiger partial charge in [0.2, 0.25) is 0 Å². The Hall–Kier alpha value is -3.28. The highest BCUT2D eigenvalue weighted by atomic mass is 16.5. The fraction of sp³-hybridized carbons (Fsp3) is 0.586. The van der Waals surface area contributed by atoms with Crippen LogP contribution < -0.4 is 16.4 Å². The minimum Gasteiger partial charge on any atom is -0.382 e. The van der Waals surface area contributed by atoms with Crippen LogP contribution in [0.25, 0.3) is 11.2 Å². The lowest BCUT2D eigenvalue weighted by atomic mass is 9.87. The van der Waals surface area contributed by atoms with E-state index >= 15 is 0 Å². The summed E-state index contributed by atoms with van der Waals surface area (Å²) in [6.07, 6.45) is 9.32. The molecule has 11 heteroatoms. The van der Waals surface area contributed by atoms with E-state index < -0.39 is 5.79 Å². The van der Waals surface area contributed by atoms with Crippen LogP contribution in [-0.2, 0) is 5.41 Å². The number of aromatic nitrogens is 4. The molecule has 222 valence electrons. The minimum absolute atomic E-state index is 0.132. The third-order valence-electron chi connectivity index (χ3n) is 6.18. The Bertz CT molecular complexity index is 1170. The summed E-state index contributed by atoms with van der Waals surface area (Å²) in [6, 6.07) is 8.40. The van der Waals surface area contributed by atoms with Crippen molar-refractivity contribution < 1.29 is 15.0 Å².